The first-order valence-electron chi connectivity index (χ1n) is 7.32. The number of thiazole rings is 1. The Morgan fingerprint density at radius 3 is 3.09 bits per heavy atom. The Kier molecular flexibility index (Phi) is 4.52. The maximum absolute atomic E-state index is 12.2. The molecule has 0 aromatic carbocycles. The Balaban J connectivity index is 1.56. The summed E-state index contributed by atoms with van der Waals surface area (Å²) >= 11 is 1.61. The summed E-state index contributed by atoms with van der Waals surface area (Å²) in [5.41, 5.74) is 0.766. The normalized spacial score (nSPS) is 12.3. The van der Waals surface area contributed by atoms with Gasteiger partial charge in [-0.3, -0.25) is 4.40 Å². The lowest BCUT2D eigenvalue weighted by Gasteiger charge is -2.20. The number of rotatable bonds is 5. The summed E-state index contributed by atoms with van der Waals surface area (Å²) in [7, 11) is 1.78. The molecule has 0 spiro atoms. The molecule has 0 aliphatic carbocycles. The fourth-order valence-electron chi connectivity index (χ4n) is 2.35. The molecular formula is C15H18N6OS. The van der Waals surface area contributed by atoms with Crippen LogP contribution in [0.25, 0.3) is 5.65 Å². The molecule has 0 saturated heterocycles. The highest BCUT2D eigenvalue weighted by Crippen LogP contribution is 2.18. The number of carbonyl (C=O) groups is 1. The lowest BCUT2D eigenvalue weighted by atomic mass is 10.2. The van der Waals surface area contributed by atoms with Gasteiger partial charge in [-0.15, -0.1) is 21.5 Å². The monoisotopic (exact) mass is 330 g/mol. The van der Waals surface area contributed by atoms with Crippen LogP contribution >= 0.6 is 11.3 Å². The summed E-state index contributed by atoms with van der Waals surface area (Å²) in [5.74, 6) is 0.912. The second kappa shape index (κ2) is 6.74. The number of likely N-dealkylation sites (N-methyl/N-ethyl adjacent to an activating group) is 1. The van der Waals surface area contributed by atoms with E-state index >= 15 is 0 Å². The van der Waals surface area contributed by atoms with E-state index in [1.54, 1.807) is 29.5 Å². The fraction of sp³-hybridized carbons (Fsp3) is 0.333. The van der Waals surface area contributed by atoms with Crippen LogP contribution in [-0.2, 0) is 6.54 Å². The summed E-state index contributed by atoms with van der Waals surface area (Å²) < 4.78 is 1.86. The van der Waals surface area contributed by atoms with Gasteiger partial charge >= 0.3 is 6.03 Å². The number of urea groups is 1. The summed E-state index contributed by atoms with van der Waals surface area (Å²) in [5, 5.41) is 14.0. The van der Waals surface area contributed by atoms with Crippen molar-refractivity contribution in [3.8, 4) is 0 Å². The van der Waals surface area contributed by atoms with E-state index in [0.29, 0.717) is 18.9 Å². The van der Waals surface area contributed by atoms with E-state index in [0.717, 1.165) is 10.7 Å². The summed E-state index contributed by atoms with van der Waals surface area (Å²) in [6.07, 6.45) is 3.66. The van der Waals surface area contributed by atoms with Crippen molar-refractivity contribution in [1.29, 1.82) is 0 Å². The van der Waals surface area contributed by atoms with Crippen molar-refractivity contribution in [1.82, 2.24) is 29.8 Å². The molecule has 120 valence electrons. The zero-order chi connectivity index (χ0) is 16.2. The molecule has 2 amide bonds. The van der Waals surface area contributed by atoms with Crippen LogP contribution in [0.5, 0.6) is 0 Å². The molecular weight excluding hydrogens is 312 g/mol. The van der Waals surface area contributed by atoms with Crippen LogP contribution in [0.3, 0.4) is 0 Å². The van der Waals surface area contributed by atoms with E-state index in [1.807, 2.05) is 34.2 Å². The minimum absolute atomic E-state index is 0.138. The van der Waals surface area contributed by atoms with Crippen LogP contribution in [0.1, 0.15) is 23.7 Å². The number of hydrogen-bond donors (Lipinski definition) is 1. The van der Waals surface area contributed by atoms with Crippen molar-refractivity contribution < 1.29 is 4.79 Å². The third-order valence-corrected chi connectivity index (χ3v) is 4.56. The van der Waals surface area contributed by atoms with Crippen LogP contribution < -0.4 is 5.32 Å². The molecule has 7 nitrogen and oxygen atoms in total. The molecule has 3 aromatic rings. The van der Waals surface area contributed by atoms with Crippen LogP contribution in [0.4, 0.5) is 4.79 Å². The molecule has 0 fully saturated rings. The molecule has 0 aliphatic rings. The van der Waals surface area contributed by atoms with Gasteiger partial charge in [-0.05, 0) is 12.1 Å². The first kappa shape index (κ1) is 15.4. The third kappa shape index (κ3) is 3.48. The van der Waals surface area contributed by atoms with E-state index in [9.17, 15) is 4.79 Å². The highest BCUT2D eigenvalue weighted by atomic mass is 32.1. The number of pyridine rings is 1. The first-order valence-corrected chi connectivity index (χ1v) is 8.20. The maximum atomic E-state index is 12.2. The minimum Gasteiger partial charge on any atom is -0.331 e. The molecule has 1 unspecified atom stereocenters. The van der Waals surface area contributed by atoms with Gasteiger partial charge in [0.15, 0.2) is 11.5 Å². The van der Waals surface area contributed by atoms with Crippen molar-refractivity contribution in [2.45, 2.75) is 19.4 Å². The summed E-state index contributed by atoms with van der Waals surface area (Å²) in [4.78, 5) is 18.2. The minimum atomic E-state index is -0.138. The maximum Gasteiger partial charge on any atom is 0.317 e. The molecule has 3 aromatic heterocycles. The van der Waals surface area contributed by atoms with E-state index in [4.69, 9.17) is 0 Å². The van der Waals surface area contributed by atoms with Crippen molar-refractivity contribution in [2.24, 2.45) is 0 Å². The van der Waals surface area contributed by atoms with Gasteiger partial charge in [-0.1, -0.05) is 13.0 Å². The van der Waals surface area contributed by atoms with E-state index < -0.39 is 0 Å². The summed E-state index contributed by atoms with van der Waals surface area (Å²) in [6, 6.07) is 5.55. The van der Waals surface area contributed by atoms with Gasteiger partial charge in [0.2, 0.25) is 0 Å². The Morgan fingerprint density at radius 1 is 1.43 bits per heavy atom. The van der Waals surface area contributed by atoms with E-state index in [-0.39, 0.29) is 11.9 Å². The van der Waals surface area contributed by atoms with E-state index in [2.05, 4.69) is 27.4 Å². The Hall–Kier alpha value is -2.48. The predicted octanol–water partition coefficient (Wildman–Crippen LogP) is 2.13. The van der Waals surface area contributed by atoms with Crippen LogP contribution in [0.15, 0.2) is 36.0 Å². The smallest absolute Gasteiger partial charge is 0.317 e. The molecule has 0 saturated carbocycles. The van der Waals surface area contributed by atoms with Gasteiger partial charge in [0.05, 0.1) is 11.6 Å². The Labute approximate surface area is 138 Å². The van der Waals surface area contributed by atoms with E-state index in [1.165, 1.54) is 0 Å². The largest absolute Gasteiger partial charge is 0.331 e. The second-order valence-corrected chi connectivity index (χ2v) is 6.28. The molecule has 0 radical (unpaired) electrons. The highest BCUT2D eigenvalue weighted by molar-refractivity contribution is 7.09. The number of nitrogens with one attached hydrogen (secondary N) is 1. The lowest BCUT2D eigenvalue weighted by Crippen LogP contribution is -2.39. The predicted molar refractivity (Wildman–Crippen MR) is 88.4 cm³/mol. The molecule has 3 rings (SSSR count). The Bertz CT molecular complexity index is 784. The van der Waals surface area contributed by atoms with Gasteiger partial charge in [0, 0.05) is 37.3 Å². The third-order valence-electron chi connectivity index (χ3n) is 3.55. The number of nitrogens with zero attached hydrogens (tertiary/aromatic N) is 5. The molecule has 1 N–H and O–H groups in total. The van der Waals surface area contributed by atoms with Gasteiger partial charge in [0.1, 0.15) is 0 Å². The quantitative estimate of drug-likeness (QED) is 0.777. The number of amides is 2. The van der Waals surface area contributed by atoms with Crippen molar-refractivity contribution >= 4 is 23.0 Å². The van der Waals surface area contributed by atoms with Crippen molar-refractivity contribution in [3.63, 3.8) is 0 Å². The zero-order valence-corrected chi connectivity index (χ0v) is 13.8. The molecule has 1 atom stereocenters. The SMILES string of the molecule is CC(CN(C)C(=O)NCc1nnc2ccccn12)c1nccs1. The number of aromatic nitrogens is 4. The molecule has 8 heteroatoms. The zero-order valence-electron chi connectivity index (χ0n) is 13.0. The highest BCUT2D eigenvalue weighted by Gasteiger charge is 2.16. The number of carbonyl (C=O) groups excluding carboxylic acids is 1. The topological polar surface area (TPSA) is 75.4 Å². The molecule has 0 bridgehead atoms. The number of hydrogen-bond acceptors (Lipinski definition) is 5. The van der Waals surface area contributed by atoms with Gasteiger partial charge in [-0.2, -0.15) is 0 Å². The van der Waals surface area contributed by atoms with Crippen molar-refractivity contribution in [3.05, 3.63) is 46.8 Å². The summed E-state index contributed by atoms with van der Waals surface area (Å²) in [6.45, 7) is 3.01. The standard InChI is InChI=1S/C15H18N6OS/c1-11(14-16-6-8-23-14)10-20(2)15(22)17-9-13-19-18-12-5-3-4-7-21(12)13/h3-8,11H,9-10H2,1-2H3,(H,17,22). The fourth-order valence-corrected chi connectivity index (χ4v) is 3.04. The van der Waals surface area contributed by atoms with Crippen molar-refractivity contribution in [2.75, 3.05) is 13.6 Å². The second-order valence-electron chi connectivity index (χ2n) is 5.36. The molecule has 3 heterocycles. The van der Waals surface area contributed by atoms with Crippen LogP contribution in [0, 0.1) is 0 Å². The van der Waals surface area contributed by atoms with Gasteiger partial charge < -0.3 is 10.2 Å². The molecule has 0 aliphatic heterocycles. The van der Waals surface area contributed by atoms with Gasteiger partial charge in [0.25, 0.3) is 0 Å². The Morgan fingerprint density at radius 2 is 2.30 bits per heavy atom. The van der Waals surface area contributed by atoms with Crippen LogP contribution in [-0.4, -0.2) is 44.1 Å². The molecule has 23 heavy (non-hydrogen) atoms. The average molecular weight is 330 g/mol. The van der Waals surface area contributed by atoms with Gasteiger partial charge in [-0.25, -0.2) is 9.78 Å². The average Bonchev–Trinajstić information content (AvgIpc) is 3.22. The first-order chi connectivity index (χ1) is 11.1. The number of fused-ring (bicyclic) bond motifs is 1. The van der Waals surface area contributed by atoms with Crippen LogP contribution in [0.2, 0.25) is 0 Å². The lowest BCUT2D eigenvalue weighted by molar-refractivity contribution is 0.206.